The topological polar surface area (TPSA) is 115 Å². The molecule has 0 saturated heterocycles. The molecule has 20 heavy (non-hydrogen) atoms. The van der Waals surface area contributed by atoms with E-state index in [9.17, 15) is 14.9 Å². The summed E-state index contributed by atoms with van der Waals surface area (Å²) >= 11 is 0. The summed E-state index contributed by atoms with van der Waals surface area (Å²) < 4.78 is 5.25. The van der Waals surface area contributed by atoms with E-state index in [4.69, 9.17) is 9.84 Å². The van der Waals surface area contributed by atoms with Gasteiger partial charge in [0.1, 0.15) is 5.75 Å². The van der Waals surface area contributed by atoms with Crippen LogP contribution in [0.25, 0.3) is 0 Å². The van der Waals surface area contributed by atoms with Crippen molar-refractivity contribution in [1.29, 1.82) is 0 Å². The molecule has 0 spiro atoms. The number of carboxylic acid groups (broad SMARTS) is 1. The molecule has 0 radical (unpaired) electrons. The van der Waals surface area contributed by atoms with Gasteiger partial charge in [0.05, 0.1) is 16.7 Å². The van der Waals surface area contributed by atoms with Gasteiger partial charge in [-0.2, -0.15) is 0 Å². The van der Waals surface area contributed by atoms with Gasteiger partial charge in [0.15, 0.2) is 0 Å². The molecular weight excluding hydrogens is 266 g/mol. The fourth-order valence-corrected chi connectivity index (χ4v) is 1.39. The van der Waals surface area contributed by atoms with Gasteiger partial charge in [0.25, 0.3) is 5.88 Å². The highest BCUT2D eigenvalue weighted by Crippen LogP contribution is 2.29. The summed E-state index contributed by atoms with van der Waals surface area (Å²) in [6, 6.07) is 4.15. The number of aryl methyl sites for hydroxylation is 1. The van der Waals surface area contributed by atoms with Crippen molar-refractivity contribution in [3.8, 4) is 11.6 Å². The van der Waals surface area contributed by atoms with Gasteiger partial charge >= 0.3 is 11.7 Å². The van der Waals surface area contributed by atoms with Crippen molar-refractivity contribution in [3.63, 3.8) is 0 Å². The summed E-state index contributed by atoms with van der Waals surface area (Å²) in [4.78, 5) is 28.6. The van der Waals surface area contributed by atoms with Crippen molar-refractivity contribution in [2.75, 3.05) is 0 Å². The van der Waals surface area contributed by atoms with Crippen LogP contribution in [0.1, 0.15) is 16.1 Å². The van der Waals surface area contributed by atoms with E-state index in [1.54, 1.807) is 19.1 Å². The Kier molecular flexibility index (Phi) is 3.56. The van der Waals surface area contributed by atoms with Crippen molar-refractivity contribution in [1.82, 2.24) is 9.97 Å². The molecule has 2 heterocycles. The summed E-state index contributed by atoms with van der Waals surface area (Å²) in [5, 5.41) is 19.7. The maximum absolute atomic E-state index is 10.9. The zero-order valence-corrected chi connectivity index (χ0v) is 10.3. The highest BCUT2D eigenvalue weighted by atomic mass is 16.6. The van der Waals surface area contributed by atoms with E-state index in [1.807, 2.05) is 0 Å². The van der Waals surface area contributed by atoms with Crippen LogP contribution < -0.4 is 4.74 Å². The van der Waals surface area contributed by atoms with Gasteiger partial charge in [-0.15, -0.1) is 0 Å². The highest BCUT2D eigenvalue weighted by molar-refractivity contribution is 5.88. The first-order valence-corrected chi connectivity index (χ1v) is 5.45. The molecule has 0 aliphatic carbocycles. The van der Waals surface area contributed by atoms with Gasteiger partial charge in [0.2, 0.25) is 0 Å². The number of carboxylic acids is 1. The molecular formula is C12H9N3O5. The Morgan fingerprint density at radius 2 is 2.10 bits per heavy atom. The minimum absolute atomic E-state index is 0.272. The molecule has 2 rings (SSSR count). The molecule has 8 heteroatoms. The summed E-state index contributed by atoms with van der Waals surface area (Å²) in [5.41, 5.74) is -0.0439. The van der Waals surface area contributed by atoms with Crippen LogP contribution in [0.4, 0.5) is 5.69 Å². The lowest BCUT2D eigenvalue weighted by Crippen LogP contribution is -2.02. The molecule has 1 N–H and O–H groups in total. The molecule has 0 atom stereocenters. The van der Waals surface area contributed by atoms with Gasteiger partial charge in [0, 0.05) is 18.0 Å². The Balaban J connectivity index is 2.38. The molecule has 2 aromatic heterocycles. The van der Waals surface area contributed by atoms with Crippen molar-refractivity contribution >= 4 is 11.7 Å². The van der Waals surface area contributed by atoms with Gasteiger partial charge in [-0.25, -0.2) is 9.78 Å². The molecule has 0 amide bonds. The number of nitro groups is 1. The monoisotopic (exact) mass is 275 g/mol. The van der Waals surface area contributed by atoms with Crippen molar-refractivity contribution in [2.24, 2.45) is 0 Å². The average molecular weight is 275 g/mol. The normalized spacial score (nSPS) is 10.1. The summed E-state index contributed by atoms with van der Waals surface area (Å²) in [6.07, 6.45) is 2.39. The number of hydrogen-bond acceptors (Lipinski definition) is 6. The number of pyridine rings is 2. The Hall–Kier alpha value is -3.03. The van der Waals surface area contributed by atoms with Gasteiger partial charge in [-0.1, -0.05) is 0 Å². The molecule has 0 fully saturated rings. The standard InChI is InChI=1S/C12H9N3O5/c1-7-2-3-9(6-13-7)20-11-10(15(18)19)4-8(5-14-11)12(16)17/h2-6H,1H3,(H,16,17). The van der Waals surface area contributed by atoms with E-state index in [1.165, 1.54) is 6.20 Å². The Morgan fingerprint density at radius 1 is 1.35 bits per heavy atom. The molecule has 0 bridgehead atoms. The Bertz CT molecular complexity index is 669. The molecule has 102 valence electrons. The van der Waals surface area contributed by atoms with Crippen LogP contribution in [0.15, 0.2) is 30.6 Å². The average Bonchev–Trinajstić information content (AvgIpc) is 2.41. The largest absolute Gasteiger partial charge is 0.478 e. The first kappa shape index (κ1) is 13.4. The number of rotatable bonds is 4. The van der Waals surface area contributed by atoms with Crippen LogP contribution in [-0.2, 0) is 0 Å². The number of ether oxygens (including phenoxy) is 1. The number of hydrogen-bond donors (Lipinski definition) is 1. The molecule has 0 aromatic carbocycles. The van der Waals surface area contributed by atoms with Crippen molar-refractivity contribution in [2.45, 2.75) is 6.92 Å². The number of nitrogens with zero attached hydrogens (tertiary/aromatic N) is 3. The van der Waals surface area contributed by atoms with E-state index in [0.717, 1.165) is 18.0 Å². The predicted octanol–water partition coefficient (Wildman–Crippen LogP) is 2.18. The summed E-state index contributed by atoms with van der Waals surface area (Å²) in [6.45, 7) is 1.78. The zero-order chi connectivity index (χ0) is 14.7. The molecule has 0 aliphatic heterocycles. The van der Waals surface area contributed by atoms with Gasteiger partial charge in [-0.3, -0.25) is 15.1 Å². The smallest absolute Gasteiger partial charge is 0.337 e. The third-order valence-corrected chi connectivity index (χ3v) is 2.37. The lowest BCUT2D eigenvalue weighted by molar-refractivity contribution is -0.386. The van der Waals surface area contributed by atoms with E-state index in [0.29, 0.717) is 0 Å². The Labute approximate surface area is 112 Å². The first-order chi connectivity index (χ1) is 9.47. The fraction of sp³-hybridized carbons (Fsp3) is 0.0833. The molecule has 0 aliphatic rings. The number of aromatic carboxylic acids is 1. The van der Waals surface area contributed by atoms with Crippen molar-refractivity contribution < 1.29 is 19.6 Å². The summed E-state index contributed by atoms with van der Waals surface area (Å²) in [7, 11) is 0. The zero-order valence-electron chi connectivity index (χ0n) is 10.3. The quantitative estimate of drug-likeness (QED) is 0.671. The fourth-order valence-electron chi connectivity index (χ4n) is 1.39. The lowest BCUT2D eigenvalue weighted by atomic mass is 10.2. The van der Waals surface area contributed by atoms with Crippen LogP contribution in [-0.4, -0.2) is 26.0 Å². The minimum atomic E-state index is -1.30. The van der Waals surface area contributed by atoms with Gasteiger partial charge in [-0.05, 0) is 19.1 Å². The van der Waals surface area contributed by atoms with Crippen LogP contribution in [0, 0.1) is 17.0 Å². The third kappa shape index (κ3) is 2.86. The van der Waals surface area contributed by atoms with Crippen LogP contribution in [0.2, 0.25) is 0 Å². The van der Waals surface area contributed by atoms with Crippen LogP contribution in [0.5, 0.6) is 11.6 Å². The van der Waals surface area contributed by atoms with E-state index >= 15 is 0 Å². The van der Waals surface area contributed by atoms with Crippen molar-refractivity contribution in [3.05, 3.63) is 52.0 Å². The highest BCUT2D eigenvalue weighted by Gasteiger charge is 2.20. The second kappa shape index (κ2) is 5.31. The maximum Gasteiger partial charge on any atom is 0.337 e. The third-order valence-electron chi connectivity index (χ3n) is 2.37. The van der Waals surface area contributed by atoms with E-state index in [2.05, 4.69) is 9.97 Å². The number of aromatic nitrogens is 2. The minimum Gasteiger partial charge on any atom is -0.478 e. The van der Waals surface area contributed by atoms with Crippen LogP contribution in [0.3, 0.4) is 0 Å². The van der Waals surface area contributed by atoms with Crippen LogP contribution >= 0.6 is 0 Å². The predicted molar refractivity (Wildman–Crippen MR) is 66.9 cm³/mol. The SMILES string of the molecule is Cc1ccc(Oc2ncc(C(=O)O)cc2[N+](=O)[O-])cn1. The second-order valence-electron chi connectivity index (χ2n) is 3.85. The lowest BCUT2D eigenvalue weighted by Gasteiger charge is -2.05. The molecule has 2 aromatic rings. The second-order valence-corrected chi connectivity index (χ2v) is 3.85. The molecule has 0 unspecified atom stereocenters. The van der Waals surface area contributed by atoms with E-state index in [-0.39, 0.29) is 17.2 Å². The maximum atomic E-state index is 10.9. The molecule has 8 nitrogen and oxygen atoms in total. The number of carbonyl (C=O) groups is 1. The molecule has 0 saturated carbocycles. The first-order valence-electron chi connectivity index (χ1n) is 5.45. The van der Waals surface area contributed by atoms with Gasteiger partial charge < -0.3 is 9.84 Å². The summed E-state index contributed by atoms with van der Waals surface area (Å²) in [5.74, 6) is -1.32. The Morgan fingerprint density at radius 3 is 2.65 bits per heavy atom. The van der Waals surface area contributed by atoms with E-state index < -0.39 is 16.6 Å².